The molecule has 0 heterocycles. The molecule has 0 spiro atoms. The van der Waals surface area contributed by atoms with E-state index in [4.69, 9.17) is 13.3 Å². The third-order valence-electron chi connectivity index (χ3n) is 7.22. The Morgan fingerprint density at radius 2 is 0.759 bits per heavy atom. The molecule has 170 valence electrons. The van der Waals surface area contributed by atoms with Crippen molar-refractivity contribution in [3.8, 4) is 0 Å². The molecule has 0 aromatic heterocycles. The number of hydrogen-bond donors (Lipinski definition) is 0. The van der Waals surface area contributed by atoms with Crippen molar-refractivity contribution in [2.45, 2.75) is 140 Å². The highest BCUT2D eigenvalue weighted by atomic mass is 28.4. The SMILES string of the molecule is CC1(O[Si](OC2(C)CCCCC2)(OC2(C)CCCCC2)C(F)(F)F)CCCCC1. The molecule has 0 amide bonds. The van der Waals surface area contributed by atoms with Crippen LogP contribution in [0.5, 0.6) is 0 Å². The number of alkyl halides is 3. The maximum Gasteiger partial charge on any atom is 0.617 e. The first kappa shape index (κ1) is 23.5. The van der Waals surface area contributed by atoms with Crippen LogP contribution in [0.25, 0.3) is 0 Å². The van der Waals surface area contributed by atoms with Gasteiger partial charge in [-0.3, -0.25) is 0 Å². The van der Waals surface area contributed by atoms with Crippen LogP contribution in [-0.2, 0) is 13.3 Å². The normalized spacial score (nSPS) is 27.5. The molecule has 3 rings (SSSR count). The molecule has 3 fully saturated rings. The van der Waals surface area contributed by atoms with Gasteiger partial charge in [0.2, 0.25) is 0 Å². The van der Waals surface area contributed by atoms with Gasteiger partial charge in [0.25, 0.3) is 0 Å². The van der Waals surface area contributed by atoms with Gasteiger partial charge in [0, 0.05) is 0 Å². The van der Waals surface area contributed by atoms with Crippen LogP contribution in [0.15, 0.2) is 0 Å². The molecule has 3 nitrogen and oxygen atoms in total. The molecule has 0 saturated heterocycles. The minimum atomic E-state index is -4.98. The Hall–Kier alpha value is -0.113. The van der Waals surface area contributed by atoms with Crippen LogP contribution in [0.1, 0.15) is 117 Å². The van der Waals surface area contributed by atoms with E-state index in [1.807, 2.05) is 20.8 Å². The van der Waals surface area contributed by atoms with Crippen LogP contribution in [0, 0.1) is 0 Å². The lowest BCUT2D eigenvalue weighted by Gasteiger charge is -2.49. The summed E-state index contributed by atoms with van der Waals surface area (Å²) in [5.41, 5.74) is -2.47. The van der Waals surface area contributed by atoms with Crippen LogP contribution >= 0.6 is 0 Å². The van der Waals surface area contributed by atoms with Crippen molar-refractivity contribution in [2.75, 3.05) is 0 Å². The van der Waals surface area contributed by atoms with Gasteiger partial charge in [-0.1, -0.05) is 57.8 Å². The first-order valence-corrected chi connectivity index (χ1v) is 13.4. The van der Waals surface area contributed by atoms with E-state index in [1.54, 1.807) is 0 Å². The van der Waals surface area contributed by atoms with Gasteiger partial charge in [0.05, 0.1) is 16.8 Å². The second-order valence-corrected chi connectivity index (χ2v) is 12.7. The monoisotopic (exact) mass is 436 g/mol. The zero-order valence-electron chi connectivity index (χ0n) is 18.5. The Kier molecular flexibility index (Phi) is 7.14. The molecule has 0 atom stereocenters. The van der Waals surface area contributed by atoms with Crippen molar-refractivity contribution < 1.29 is 26.4 Å². The zero-order chi connectivity index (χ0) is 21.2. The topological polar surface area (TPSA) is 27.7 Å². The van der Waals surface area contributed by atoms with Crippen molar-refractivity contribution in [1.29, 1.82) is 0 Å². The van der Waals surface area contributed by atoms with E-state index in [-0.39, 0.29) is 0 Å². The van der Waals surface area contributed by atoms with Gasteiger partial charge in [-0.2, -0.15) is 13.2 Å². The first-order valence-electron chi connectivity index (χ1n) is 11.7. The molecular formula is C22H39F3O3Si. The fourth-order valence-electron chi connectivity index (χ4n) is 5.41. The second kappa shape index (κ2) is 8.79. The quantitative estimate of drug-likeness (QED) is 0.411. The third-order valence-corrected chi connectivity index (χ3v) is 10.2. The Morgan fingerprint density at radius 1 is 0.517 bits per heavy atom. The molecule has 3 aliphatic rings. The largest absolute Gasteiger partial charge is 0.617 e. The van der Waals surface area contributed by atoms with Crippen molar-refractivity contribution in [2.24, 2.45) is 0 Å². The van der Waals surface area contributed by atoms with Gasteiger partial charge in [-0.15, -0.1) is 0 Å². The molecule has 0 aromatic rings. The summed E-state index contributed by atoms with van der Waals surface area (Å²) in [7, 11) is -4.98. The lowest BCUT2D eigenvalue weighted by molar-refractivity contribution is -0.201. The minimum Gasteiger partial charge on any atom is -0.362 e. The standard InChI is InChI=1S/C22H39F3O3Si/c1-19(13-7-4-8-14-19)26-29(22(23,24)25,27-20(2)15-9-5-10-16-20)28-21(3)17-11-6-12-18-21/h4-18H2,1-3H3. The summed E-state index contributed by atoms with van der Waals surface area (Å²) in [4.78, 5) is 0. The highest BCUT2D eigenvalue weighted by Crippen LogP contribution is 2.47. The predicted molar refractivity (Wildman–Crippen MR) is 110 cm³/mol. The van der Waals surface area contributed by atoms with Gasteiger partial charge >= 0.3 is 14.6 Å². The van der Waals surface area contributed by atoms with Crippen molar-refractivity contribution in [3.63, 3.8) is 0 Å². The molecule has 29 heavy (non-hydrogen) atoms. The van der Waals surface area contributed by atoms with E-state index in [0.717, 1.165) is 57.8 Å². The Balaban J connectivity index is 1.95. The molecule has 0 aromatic carbocycles. The lowest BCUT2D eigenvalue weighted by atomic mass is 9.87. The van der Waals surface area contributed by atoms with Crippen LogP contribution in [0.2, 0.25) is 0 Å². The average molecular weight is 437 g/mol. The molecule has 0 unspecified atom stereocenters. The van der Waals surface area contributed by atoms with Crippen molar-refractivity contribution in [1.82, 2.24) is 0 Å². The van der Waals surface area contributed by atoms with Crippen LogP contribution in [0.4, 0.5) is 13.2 Å². The van der Waals surface area contributed by atoms with E-state index < -0.39 is 31.4 Å². The molecule has 7 heteroatoms. The van der Waals surface area contributed by atoms with E-state index in [0.29, 0.717) is 38.5 Å². The van der Waals surface area contributed by atoms with E-state index >= 15 is 0 Å². The van der Waals surface area contributed by atoms with Gasteiger partial charge in [0.15, 0.2) is 0 Å². The van der Waals surface area contributed by atoms with Crippen LogP contribution in [-0.4, -0.2) is 31.4 Å². The summed E-state index contributed by atoms with van der Waals surface area (Å²) >= 11 is 0. The van der Waals surface area contributed by atoms with E-state index in [2.05, 4.69) is 0 Å². The molecule has 0 N–H and O–H groups in total. The molecule has 0 radical (unpaired) electrons. The highest BCUT2D eigenvalue weighted by molar-refractivity contribution is 6.63. The third kappa shape index (κ3) is 5.77. The fraction of sp³-hybridized carbons (Fsp3) is 1.00. The maximum absolute atomic E-state index is 14.8. The Labute approximate surface area is 175 Å². The summed E-state index contributed by atoms with van der Waals surface area (Å²) in [6.45, 7) is 5.50. The van der Waals surface area contributed by atoms with Crippen molar-refractivity contribution in [3.05, 3.63) is 0 Å². The van der Waals surface area contributed by atoms with E-state index in [1.165, 1.54) is 0 Å². The Morgan fingerprint density at radius 3 is 0.966 bits per heavy atom. The second-order valence-electron chi connectivity index (χ2n) is 10.4. The Bertz CT molecular complexity index is 469. The van der Waals surface area contributed by atoms with Crippen LogP contribution < -0.4 is 0 Å². The average Bonchev–Trinajstić information content (AvgIpc) is 2.61. The number of rotatable bonds is 6. The number of halogens is 3. The van der Waals surface area contributed by atoms with Gasteiger partial charge < -0.3 is 13.3 Å². The highest BCUT2D eigenvalue weighted by Gasteiger charge is 2.72. The minimum absolute atomic E-state index is 0.637. The zero-order valence-corrected chi connectivity index (χ0v) is 19.5. The lowest BCUT2D eigenvalue weighted by Crippen LogP contribution is -2.68. The fourth-order valence-corrected chi connectivity index (χ4v) is 8.45. The van der Waals surface area contributed by atoms with E-state index in [9.17, 15) is 13.2 Å². The first-order chi connectivity index (χ1) is 13.5. The maximum atomic E-state index is 14.8. The molecular weight excluding hydrogens is 397 g/mol. The molecule has 0 aliphatic heterocycles. The molecule has 3 saturated carbocycles. The summed E-state index contributed by atoms with van der Waals surface area (Å²) in [6.07, 6.45) is 12.4. The van der Waals surface area contributed by atoms with Gasteiger partial charge in [0.1, 0.15) is 0 Å². The summed E-state index contributed by atoms with van der Waals surface area (Å²) < 4.78 is 62.9. The smallest absolute Gasteiger partial charge is 0.362 e. The van der Waals surface area contributed by atoms with Crippen LogP contribution in [0.3, 0.4) is 0 Å². The number of hydrogen-bond acceptors (Lipinski definition) is 3. The summed E-state index contributed by atoms with van der Waals surface area (Å²) in [6, 6.07) is 0. The van der Waals surface area contributed by atoms with Gasteiger partial charge in [-0.25, -0.2) is 0 Å². The summed E-state index contributed by atoms with van der Waals surface area (Å²) in [5, 5.41) is 0. The van der Waals surface area contributed by atoms with Crippen molar-refractivity contribution >= 4 is 8.80 Å². The van der Waals surface area contributed by atoms with Gasteiger partial charge in [-0.05, 0) is 59.3 Å². The predicted octanol–water partition coefficient (Wildman–Crippen LogP) is 7.25. The molecule has 3 aliphatic carbocycles. The molecule has 0 bridgehead atoms. The summed E-state index contributed by atoms with van der Waals surface area (Å²) in [5.74, 6) is -4.63.